The molecular weight excluding hydrogens is 274 g/mol. The lowest BCUT2D eigenvalue weighted by molar-refractivity contribution is 0.297. The highest BCUT2D eigenvalue weighted by Crippen LogP contribution is 2.28. The van der Waals surface area contributed by atoms with E-state index < -0.39 is 0 Å². The Kier molecular flexibility index (Phi) is 4.45. The van der Waals surface area contributed by atoms with Gasteiger partial charge in [0.2, 0.25) is 0 Å². The quantitative estimate of drug-likeness (QED) is 0.733. The fourth-order valence-corrected chi connectivity index (χ4v) is 2.15. The van der Waals surface area contributed by atoms with E-state index in [2.05, 4.69) is 0 Å². The summed E-state index contributed by atoms with van der Waals surface area (Å²) in [7, 11) is 0. The first-order chi connectivity index (χ1) is 8.72. The Morgan fingerprint density at radius 2 is 1.83 bits per heavy atom. The van der Waals surface area contributed by atoms with Crippen LogP contribution >= 0.6 is 23.2 Å². The van der Waals surface area contributed by atoms with E-state index in [-0.39, 0.29) is 18.3 Å². The minimum Gasteiger partial charge on any atom is -0.488 e. The molecular formula is C14H11Cl2FO. The fourth-order valence-electron chi connectivity index (χ4n) is 1.57. The van der Waals surface area contributed by atoms with E-state index in [9.17, 15) is 4.39 Å². The molecule has 0 saturated heterocycles. The number of benzene rings is 2. The number of hydrogen-bond donors (Lipinski definition) is 0. The molecule has 2 rings (SSSR count). The van der Waals surface area contributed by atoms with Crippen molar-refractivity contribution in [2.45, 2.75) is 12.5 Å². The topological polar surface area (TPSA) is 9.23 Å². The molecule has 0 heterocycles. The predicted octanol–water partition coefficient (Wildman–Crippen LogP) is 4.80. The Labute approximate surface area is 115 Å². The van der Waals surface area contributed by atoms with Crippen LogP contribution in [0.4, 0.5) is 4.39 Å². The molecule has 0 N–H and O–H groups in total. The van der Waals surface area contributed by atoms with Gasteiger partial charge >= 0.3 is 0 Å². The highest BCUT2D eigenvalue weighted by Gasteiger charge is 2.08. The van der Waals surface area contributed by atoms with E-state index >= 15 is 0 Å². The molecule has 94 valence electrons. The molecule has 0 fully saturated rings. The van der Waals surface area contributed by atoms with Crippen molar-refractivity contribution >= 4 is 23.2 Å². The minimum absolute atomic E-state index is 0.150. The van der Waals surface area contributed by atoms with Gasteiger partial charge in [0, 0.05) is 16.1 Å². The van der Waals surface area contributed by atoms with E-state index in [1.165, 1.54) is 6.07 Å². The van der Waals surface area contributed by atoms with Crippen molar-refractivity contribution in [1.29, 1.82) is 0 Å². The monoisotopic (exact) mass is 284 g/mol. The molecule has 0 aliphatic rings. The Bertz CT molecular complexity index is 543. The third-order valence-corrected chi connectivity index (χ3v) is 3.17. The third kappa shape index (κ3) is 2.95. The van der Waals surface area contributed by atoms with Gasteiger partial charge in [0.1, 0.15) is 18.2 Å². The van der Waals surface area contributed by atoms with Crippen molar-refractivity contribution in [3.8, 4) is 5.75 Å². The van der Waals surface area contributed by atoms with E-state index in [4.69, 9.17) is 27.9 Å². The standard InChI is InChI=1S/C14H11Cl2FO/c15-8-11-12(16)5-3-7-14(11)18-9-10-4-1-2-6-13(10)17/h1-7H,8-9H2. The molecule has 0 aliphatic carbocycles. The molecule has 4 heteroatoms. The Morgan fingerprint density at radius 1 is 1.06 bits per heavy atom. The van der Waals surface area contributed by atoms with Gasteiger partial charge < -0.3 is 4.74 Å². The molecule has 2 aromatic carbocycles. The maximum atomic E-state index is 13.4. The van der Waals surface area contributed by atoms with Crippen LogP contribution in [0, 0.1) is 5.82 Å². The molecule has 0 unspecified atom stereocenters. The van der Waals surface area contributed by atoms with Crippen LogP contribution in [0.15, 0.2) is 42.5 Å². The zero-order chi connectivity index (χ0) is 13.0. The van der Waals surface area contributed by atoms with Crippen LogP contribution < -0.4 is 4.74 Å². The average molecular weight is 285 g/mol. The van der Waals surface area contributed by atoms with Crippen LogP contribution in [-0.4, -0.2) is 0 Å². The minimum atomic E-state index is -0.285. The molecule has 0 spiro atoms. The fraction of sp³-hybridized carbons (Fsp3) is 0.143. The van der Waals surface area contributed by atoms with Crippen LogP contribution in [-0.2, 0) is 12.5 Å². The molecule has 0 amide bonds. The van der Waals surface area contributed by atoms with E-state index in [1.54, 1.807) is 36.4 Å². The smallest absolute Gasteiger partial charge is 0.129 e. The van der Waals surface area contributed by atoms with Gasteiger partial charge in [-0.25, -0.2) is 4.39 Å². The first-order valence-electron chi connectivity index (χ1n) is 5.42. The van der Waals surface area contributed by atoms with E-state index in [0.29, 0.717) is 16.3 Å². The van der Waals surface area contributed by atoms with Gasteiger partial charge in [-0.1, -0.05) is 35.9 Å². The Morgan fingerprint density at radius 3 is 2.56 bits per heavy atom. The predicted molar refractivity (Wildman–Crippen MR) is 71.7 cm³/mol. The van der Waals surface area contributed by atoms with Gasteiger partial charge in [-0.15, -0.1) is 11.6 Å². The van der Waals surface area contributed by atoms with Crippen molar-refractivity contribution in [2.24, 2.45) is 0 Å². The summed E-state index contributed by atoms with van der Waals surface area (Å²) in [6.45, 7) is 0.150. The lowest BCUT2D eigenvalue weighted by Crippen LogP contribution is -2.00. The summed E-state index contributed by atoms with van der Waals surface area (Å²) < 4.78 is 19.0. The normalized spacial score (nSPS) is 10.4. The lowest BCUT2D eigenvalue weighted by Gasteiger charge is -2.11. The number of rotatable bonds is 4. The highest BCUT2D eigenvalue weighted by molar-refractivity contribution is 6.32. The molecule has 1 nitrogen and oxygen atoms in total. The van der Waals surface area contributed by atoms with E-state index in [0.717, 1.165) is 5.56 Å². The van der Waals surface area contributed by atoms with Gasteiger partial charge in [0.05, 0.1) is 5.88 Å². The maximum absolute atomic E-state index is 13.4. The van der Waals surface area contributed by atoms with Crippen LogP contribution in [0.5, 0.6) is 5.75 Å². The molecule has 0 radical (unpaired) electrons. The molecule has 0 aliphatic heterocycles. The summed E-state index contributed by atoms with van der Waals surface area (Å²) in [6, 6.07) is 11.8. The SMILES string of the molecule is Fc1ccccc1COc1cccc(Cl)c1CCl. The summed E-state index contributed by atoms with van der Waals surface area (Å²) in [5.74, 6) is 0.555. The summed E-state index contributed by atoms with van der Waals surface area (Å²) in [6.07, 6.45) is 0. The second kappa shape index (κ2) is 6.07. The van der Waals surface area contributed by atoms with Crippen LogP contribution in [0.25, 0.3) is 0 Å². The molecule has 0 saturated carbocycles. The highest BCUT2D eigenvalue weighted by atomic mass is 35.5. The molecule has 0 bridgehead atoms. The average Bonchev–Trinajstić information content (AvgIpc) is 2.38. The van der Waals surface area contributed by atoms with Crippen LogP contribution in [0.2, 0.25) is 5.02 Å². The van der Waals surface area contributed by atoms with Crippen LogP contribution in [0.1, 0.15) is 11.1 Å². The largest absolute Gasteiger partial charge is 0.488 e. The maximum Gasteiger partial charge on any atom is 0.129 e. The second-order valence-corrected chi connectivity index (χ2v) is 4.40. The summed E-state index contributed by atoms with van der Waals surface area (Å²) in [4.78, 5) is 0. The first-order valence-corrected chi connectivity index (χ1v) is 6.33. The van der Waals surface area contributed by atoms with Gasteiger partial charge in [0.15, 0.2) is 0 Å². The summed E-state index contributed by atoms with van der Waals surface area (Å²) in [5, 5.41) is 0.552. The van der Waals surface area contributed by atoms with Gasteiger partial charge in [0.25, 0.3) is 0 Å². The van der Waals surface area contributed by atoms with Crippen molar-refractivity contribution in [3.05, 3.63) is 64.4 Å². The first kappa shape index (κ1) is 13.2. The van der Waals surface area contributed by atoms with Crippen molar-refractivity contribution < 1.29 is 9.13 Å². The van der Waals surface area contributed by atoms with Crippen molar-refractivity contribution in [1.82, 2.24) is 0 Å². The van der Waals surface area contributed by atoms with Gasteiger partial charge in [-0.05, 0) is 18.2 Å². The summed E-state index contributed by atoms with van der Waals surface area (Å²) in [5.41, 5.74) is 1.22. The molecule has 0 aromatic heterocycles. The lowest BCUT2D eigenvalue weighted by atomic mass is 10.2. The van der Waals surface area contributed by atoms with Gasteiger partial charge in [-0.3, -0.25) is 0 Å². The number of halogens is 3. The zero-order valence-electron chi connectivity index (χ0n) is 9.50. The van der Waals surface area contributed by atoms with Gasteiger partial charge in [-0.2, -0.15) is 0 Å². The van der Waals surface area contributed by atoms with Crippen molar-refractivity contribution in [3.63, 3.8) is 0 Å². The number of ether oxygens (including phenoxy) is 1. The molecule has 2 aromatic rings. The number of alkyl halides is 1. The Hall–Kier alpha value is -1.25. The van der Waals surface area contributed by atoms with Crippen molar-refractivity contribution in [2.75, 3.05) is 0 Å². The Balaban J connectivity index is 2.16. The molecule has 0 atom stereocenters. The van der Waals surface area contributed by atoms with Crippen LogP contribution in [0.3, 0.4) is 0 Å². The summed E-state index contributed by atoms with van der Waals surface area (Å²) >= 11 is 11.8. The molecule has 18 heavy (non-hydrogen) atoms. The number of hydrogen-bond acceptors (Lipinski definition) is 1. The zero-order valence-corrected chi connectivity index (χ0v) is 11.0. The second-order valence-electron chi connectivity index (χ2n) is 3.73. The van der Waals surface area contributed by atoms with E-state index in [1.807, 2.05) is 0 Å². The third-order valence-electron chi connectivity index (χ3n) is 2.55.